The van der Waals surface area contributed by atoms with Crippen LogP contribution >= 0.6 is 15.9 Å². The van der Waals surface area contributed by atoms with Gasteiger partial charge in [-0.25, -0.2) is 0 Å². The number of nitrogens with two attached hydrogens (primary N) is 1. The molecule has 0 aromatic heterocycles. The second kappa shape index (κ2) is 8.16. The molecule has 0 spiro atoms. The molecule has 1 saturated heterocycles. The molecule has 2 unspecified atom stereocenters. The molecule has 21 heavy (non-hydrogen) atoms. The van der Waals surface area contributed by atoms with Crippen molar-refractivity contribution in [2.45, 2.75) is 38.6 Å². The molecule has 3 nitrogen and oxygen atoms in total. The third-order valence-electron chi connectivity index (χ3n) is 4.23. The highest BCUT2D eigenvalue weighted by Crippen LogP contribution is 2.28. The van der Waals surface area contributed by atoms with Gasteiger partial charge in [-0.1, -0.05) is 13.0 Å². The SMILES string of the molecule is CCC(N)Cc1ccc(N(C)CC2CCCOC2)c(Br)c1. The average Bonchev–Trinajstić information content (AvgIpc) is 2.48. The van der Waals surface area contributed by atoms with E-state index in [4.69, 9.17) is 10.5 Å². The fraction of sp³-hybridized carbons (Fsp3) is 0.647. The summed E-state index contributed by atoms with van der Waals surface area (Å²) in [6.07, 6.45) is 4.41. The average molecular weight is 355 g/mol. The van der Waals surface area contributed by atoms with E-state index in [0.29, 0.717) is 5.92 Å². The zero-order chi connectivity index (χ0) is 15.2. The minimum absolute atomic E-state index is 0.250. The monoisotopic (exact) mass is 354 g/mol. The predicted octanol–water partition coefficient (Wildman–Crippen LogP) is 3.59. The van der Waals surface area contributed by atoms with Gasteiger partial charge in [0.15, 0.2) is 0 Å². The van der Waals surface area contributed by atoms with Crippen molar-refractivity contribution in [1.29, 1.82) is 0 Å². The van der Waals surface area contributed by atoms with Gasteiger partial charge in [-0.3, -0.25) is 0 Å². The van der Waals surface area contributed by atoms with Crippen LogP contribution in [0.5, 0.6) is 0 Å². The van der Waals surface area contributed by atoms with Crippen molar-refractivity contribution in [2.75, 3.05) is 31.7 Å². The van der Waals surface area contributed by atoms with Crippen LogP contribution in [-0.4, -0.2) is 32.8 Å². The zero-order valence-corrected chi connectivity index (χ0v) is 14.7. The Morgan fingerprint density at radius 2 is 2.29 bits per heavy atom. The minimum Gasteiger partial charge on any atom is -0.381 e. The third kappa shape index (κ3) is 4.97. The van der Waals surface area contributed by atoms with Crippen molar-refractivity contribution in [1.82, 2.24) is 0 Å². The number of rotatable bonds is 6. The number of benzene rings is 1. The Morgan fingerprint density at radius 1 is 1.48 bits per heavy atom. The normalized spacial score (nSPS) is 20.3. The van der Waals surface area contributed by atoms with Crippen LogP contribution in [0.1, 0.15) is 31.7 Å². The Labute approximate surface area is 137 Å². The lowest BCUT2D eigenvalue weighted by molar-refractivity contribution is 0.0576. The molecule has 0 aliphatic carbocycles. The fourth-order valence-corrected chi connectivity index (χ4v) is 3.60. The van der Waals surface area contributed by atoms with E-state index in [9.17, 15) is 0 Å². The lowest BCUT2D eigenvalue weighted by atomic mass is 10.0. The highest BCUT2D eigenvalue weighted by atomic mass is 79.9. The van der Waals surface area contributed by atoms with Gasteiger partial charge in [0.25, 0.3) is 0 Å². The Bertz CT molecular complexity index is 446. The lowest BCUT2D eigenvalue weighted by Gasteiger charge is -2.29. The molecule has 4 heteroatoms. The maximum absolute atomic E-state index is 6.04. The van der Waals surface area contributed by atoms with E-state index in [-0.39, 0.29) is 6.04 Å². The molecule has 0 bridgehead atoms. The maximum Gasteiger partial charge on any atom is 0.0511 e. The number of nitrogens with zero attached hydrogens (tertiary/aromatic N) is 1. The Hall–Kier alpha value is -0.580. The molecule has 2 atom stereocenters. The van der Waals surface area contributed by atoms with Gasteiger partial charge in [0, 0.05) is 30.7 Å². The van der Waals surface area contributed by atoms with Gasteiger partial charge in [-0.05, 0) is 65.2 Å². The summed E-state index contributed by atoms with van der Waals surface area (Å²) in [5, 5.41) is 0. The first-order chi connectivity index (χ1) is 10.1. The molecule has 0 radical (unpaired) electrons. The molecule has 1 aliphatic rings. The Kier molecular flexibility index (Phi) is 6.52. The van der Waals surface area contributed by atoms with E-state index in [2.05, 4.69) is 53.0 Å². The van der Waals surface area contributed by atoms with E-state index in [1.807, 2.05) is 0 Å². The maximum atomic E-state index is 6.04. The molecule has 118 valence electrons. The predicted molar refractivity (Wildman–Crippen MR) is 92.9 cm³/mol. The van der Waals surface area contributed by atoms with Crippen LogP contribution in [0.2, 0.25) is 0 Å². The molecule has 2 rings (SSSR count). The first kappa shape index (κ1) is 16.8. The molecule has 1 aromatic carbocycles. The van der Waals surface area contributed by atoms with Gasteiger partial charge in [-0.15, -0.1) is 0 Å². The van der Waals surface area contributed by atoms with Gasteiger partial charge in [0.05, 0.1) is 12.3 Å². The molecule has 1 heterocycles. The van der Waals surface area contributed by atoms with Crippen molar-refractivity contribution in [3.05, 3.63) is 28.2 Å². The minimum atomic E-state index is 0.250. The number of anilines is 1. The van der Waals surface area contributed by atoms with Crippen molar-refractivity contribution in [2.24, 2.45) is 11.7 Å². The highest BCUT2D eigenvalue weighted by molar-refractivity contribution is 9.10. The van der Waals surface area contributed by atoms with Gasteiger partial charge >= 0.3 is 0 Å². The summed E-state index contributed by atoms with van der Waals surface area (Å²) in [4.78, 5) is 2.33. The molecular formula is C17H27BrN2O. The Morgan fingerprint density at radius 3 is 2.90 bits per heavy atom. The van der Waals surface area contributed by atoms with Crippen LogP contribution in [0.25, 0.3) is 0 Å². The van der Waals surface area contributed by atoms with Crippen molar-refractivity contribution >= 4 is 21.6 Å². The van der Waals surface area contributed by atoms with Crippen molar-refractivity contribution < 1.29 is 4.74 Å². The third-order valence-corrected chi connectivity index (χ3v) is 4.87. The standard InChI is InChI=1S/C17H27BrN2O/c1-3-15(19)9-13-6-7-17(16(18)10-13)20(2)11-14-5-4-8-21-12-14/h6-7,10,14-15H,3-5,8-9,11-12,19H2,1-2H3. The highest BCUT2D eigenvalue weighted by Gasteiger charge is 2.17. The van der Waals surface area contributed by atoms with Crippen LogP contribution in [-0.2, 0) is 11.2 Å². The molecule has 1 aromatic rings. The number of hydrogen-bond donors (Lipinski definition) is 1. The fourth-order valence-electron chi connectivity index (χ4n) is 2.87. The van der Waals surface area contributed by atoms with E-state index in [0.717, 1.165) is 37.1 Å². The summed E-state index contributed by atoms with van der Waals surface area (Å²) in [5.41, 5.74) is 8.58. The van der Waals surface area contributed by atoms with Crippen molar-refractivity contribution in [3.8, 4) is 0 Å². The first-order valence-corrected chi connectivity index (χ1v) is 8.72. The van der Waals surface area contributed by atoms with E-state index in [1.54, 1.807) is 0 Å². The second-order valence-electron chi connectivity index (χ2n) is 6.12. The molecule has 1 aliphatic heterocycles. The Balaban J connectivity index is 1.98. The number of ether oxygens (including phenoxy) is 1. The largest absolute Gasteiger partial charge is 0.381 e. The second-order valence-corrected chi connectivity index (χ2v) is 6.98. The summed E-state index contributed by atoms with van der Waals surface area (Å²) < 4.78 is 6.73. The summed E-state index contributed by atoms with van der Waals surface area (Å²) >= 11 is 3.71. The van der Waals surface area contributed by atoms with E-state index >= 15 is 0 Å². The summed E-state index contributed by atoms with van der Waals surface area (Å²) in [6, 6.07) is 6.85. The van der Waals surface area contributed by atoms with E-state index < -0.39 is 0 Å². The number of hydrogen-bond acceptors (Lipinski definition) is 3. The van der Waals surface area contributed by atoms with Crippen LogP contribution in [0.4, 0.5) is 5.69 Å². The molecule has 0 saturated carbocycles. The van der Waals surface area contributed by atoms with Gasteiger partial charge in [-0.2, -0.15) is 0 Å². The van der Waals surface area contributed by atoms with Crippen LogP contribution < -0.4 is 10.6 Å². The smallest absolute Gasteiger partial charge is 0.0511 e. The summed E-state index contributed by atoms with van der Waals surface area (Å²) in [7, 11) is 2.16. The van der Waals surface area contributed by atoms with Gasteiger partial charge in [0.2, 0.25) is 0 Å². The summed E-state index contributed by atoms with van der Waals surface area (Å²) in [5.74, 6) is 0.642. The van der Waals surface area contributed by atoms with Crippen LogP contribution in [0.15, 0.2) is 22.7 Å². The lowest BCUT2D eigenvalue weighted by Crippen LogP contribution is -2.31. The summed E-state index contributed by atoms with van der Waals surface area (Å²) in [6.45, 7) is 5.00. The molecule has 1 fully saturated rings. The van der Waals surface area contributed by atoms with Crippen LogP contribution in [0.3, 0.4) is 0 Å². The van der Waals surface area contributed by atoms with Crippen LogP contribution in [0, 0.1) is 5.92 Å². The topological polar surface area (TPSA) is 38.5 Å². The first-order valence-electron chi connectivity index (χ1n) is 7.93. The van der Waals surface area contributed by atoms with Gasteiger partial charge in [0.1, 0.15) is 0 Å². The molecule has 2 N–H and O–H groups in total. The van der Waals surface area contributed by atoms with Gasteiger partial charge < -0.3 is 15.4 Å². The molecular weight excluding hydrogens is 328 g/mol. The van der Waals surface area contributed by atoms with E-state index in [1.165, 1.54) is 24.1 Å². The zero-order valence-electron chi connectivity index (χ0n) is 13.1. The van der Waals surface area contributed by atoms with Crippen molar-refractivity contribution in [3.63, 3.8) is 0 Å². The number of halogens is 1. The molecule has 0 amide bonds. The quantitative estimate of drug-likeness (QED) is 0.848.